The summed E-state index contributed by atoms with van der Waals surface area (Å²) in [6.07, 6.45) is 2.25. The Morgan fingerprint density at radius 1 is 1.06 bits per heavy atom. The third-order valence-corrected chi connectivity index (χ3v) is 3.48. The van der Waals surface area contributed by atoms with Gasteiger partial charge in [-0.05, 0) is 47.4 Å². The van der Waals surface area contributed by atoms with E-state index in [9.17, 15) is 0 Å². The molecule has 0 spiro atoms. The van der Waals surface area contributed by atoms with Crippen LogP contribution in [0.25, 0.3) is 10.8 Å². The summed E-state index contributed by atoms with van der Waals surface area (Å²) in [5, 5.41) is 2.49. The molecule has 0 aliphatic heterocycles. The molecule has 2 aromatic rings. The molecule has 0 fully saturated rings. The van der Waals surface area contributed by atoms with Gasteiger partial charge in [0.25, 0.3) is 0 Å². The van der Waals surface area contributed by atoms with Crippen molar-refractivity contribution in [3.8, 4) is 5.75 Å². The van der Waals surface area contributed by atoms with Crippen molar-refractivity contribution >= 4 is 23.4 Å². The van der Waals surface area contributed by atoms with Crippen LogP contribution in [0, 0.1) is 5.92 Å². The van der Waals surface area contributed by atoms with Gasteiger partial charge in [0.05, 0.1) is 6.61 Å². The van der Waals surface area contributed by atoms with Crippen LogP contribution in [0.1, 0.15) is 19.8 Å². The zero-order valence-electron chi connectivity index (χ0n) is 10.8. The number of thiol groups is 1. The first-order valence-corrected chi connectivity index (χ1v) is 7.15. The number of fused-ring (bicyclic) bond motifs is 1. The van der Waals surface area contributed by atoms with E-state index in [0.29, 0.717) is 5.92 Å². The van der Waals surface area contributed by atoms with Gasteiger partial charge in [0.2, 0.25) is 0 Å². The summed E-state index contributed by atoms with van der Waals surface area (Å²) in [6.45, 7) is 3.03. The van der Waals surface area contributed by atoms with E-state index in [0.717, 1.165) is 31.0 Å². The van der Waals surface area contributed by atoms with Crippen LogP contribution in [-0.4, -0.2) is 12.4 Å². The number of ether oxygens (including phenoxy) is 1. The minimum atomic E-state index is 0.683. The molecule has 1 unspecified atom stereocenters. The van der Waals surface area contributed by atoms with Crippen molar-refractivity contribution in [2.75, 3.05) is 12.4 Å². The van der Waals surface area contributed by atoms with Gasteiger partial charge in [-0.1, -0.05) is 37.3 Å². The van der Waals surface area contributed by atoms with E-state index in [4.69, 9.17) is 4.74 Å². The van der Waals surface area contributed by atoms with E-state index in [1.807, 2.05) is 6.07 Å². The van der Waals surface area contributed by atoms with Gasteiger partial charge in [0, 0.05) is 0 Å². The predicted octanol–water partition coefficient (Wildman–Crippen LogP) is 4.56. The molecule has 0 heterocycles. The molecule has 0 saturated carbocycles. The van der Waals surface area contributed by atoms with Gasteiger partial charge in [0.1, 0.15) is 5.75 Å². The lowest BCUT2D eigenvalue weighted by Gasteiger charge is -2.11. The van der Waals surface area contributed by atoms with Gasteiger partial charge in [-0.15, -0.1) is 0 Å². The molecule has 0 amide bonds. The van der Waals surface area contributed by atoms with Gasteiger partial charge >= 0.3 is 0 Å². The Morgan fingerprint density at radius 3 is 2.61 bits per heavy atom. The molecular formula is C16H20OS. The van der Waals surface area contributed by atoms with Crippen molar-refractivity contribution in [2.24, 2.45) is 5.92 Å². The fraction of sp³-hybridized carbons (Fsp3) is 0.375. The molecule has 1 nitrogen and oxygen atoms in total. The maximum atomic E-state index is 5.81. The summed E-state index contributed by atoms with van der Waals surface area (Å²) in [7, 11) is 0. The normalized spacial score (nSPS) is 12.6. The SMILES string of the molecule is CC(CCS)CCOc1ccc2ccccc2c1. The molecule has 0 aliphatic rings. The highest BCUT2D eigenvalue weighted by Crippen LogP contribution is 2.21. The highest BCUT2D eigenvalue weighted by Gasteiger charge is 2.02. The smallest absolute Gasteiger partial charge is 0.119 e. The summed E-state index contributed by atoms with van der Waals surface area (Å²) in [5.41, 5.74) is 0. The van der Waals surface area contributed by atoms with Crippen LogP contribution in [0.5, 0.6) is 5.75 Å². The van der Waals surface area contributed by atoms with Crippen molar-refractivity contribution in [3.63, 3.8) is 0 Å². The first-order valence-electron chi connectivity index (χ1n) is 6.52. The maximum absolute atomic E-state index is 5.81. The van der Waals surface area contributed by atoms with Crippen molar-refractivity contribution in [1.82, 2.24) is 0 Å². The van der Waals surface area contributed by atoms with E-state index in [-0.39, 0.29) is 0 Å². The molecular weight excluding hydrogens is 240 g/mol. The Kier molecular flexibility index (Phi) is 4.94. The molecule has 2 aromatic carbocycles. The van der Waals surface area contributed by atoms with Crippen molar-refractivity contribution in [1.29, 1.82) is 0 Å². The van der Waals surface area contributed by atoms with Crippen LogP contribution < -0.4 is 4.74 Å². The van der Waals surface area contributed by atoms with Gasteiger partial charge in [-0.2, -0.15) is 12.6 Å². The van der Waals surface area contributed by atoms with Crippen LogP contribution in [0.2, 0.25) is 0 Å². The quantitative estimate of drug-likeness (QED) is 0.749. The van der Waals surface area contributed by atoms with Gasteiger partial charge in [-0.25, -0.2) is 0 Å². The highest BCUT2D eigenvalue weighted by molar-refractivity contribution is 7.80. The topological polar surface area (TPSA) is 9.23 Å². The fourth-order valence-corrected chi connectivity index (χ4v) is 2.44. The van der Waals surface area contributed by atoms with Crippen LogP contribution in [0.3, 0.4) is 0 Å². The van der Waals surface area contributed by atoms with E-state index >= 15 is 0 Å². The summed E-state index contributed by atoms with van der Waals surface area (Å²) in [4.78, 5) is 0. The van der Waals surface area contributed by atoms with E-state index < -0.39 is 0 Å². The minimum Gasteiger partial charge on any atom is -0.494 e. The second kappa shape index (κ2) is 6.69. The second-order valence-corrected chi connectivity index (χ2v) is 5.21. The molecule has 0 radical (unpaired) electrons. The Labute approximate surface area is 115 Å². The number of benzene rings is 2. The molecule has 0 aromatic heterocycles. The van der Waals surface area contributed by atoms with Gasteiger partial charge in [-0.3, -0.25) is 0 Å². The Balaban J connectivity index is 1.91. The molecule has 18 heavy (non-hydrogen) atoms. The summed E-state index contributed by atoms with van der Waals surface area (Å²) in [5.74, 6) is 2.60. The molecule has 0 N–H and O–H groups in total. The third-order valence-electron chi connectivity index (χ3n) is 3.22. The lowest BCUT2D eigenvalue weighted by atomic mass is 10.1. The first kappa shape index (κ1) is 13.3. The molecule has 2 rings (SSSR count). The molecule has 0 saturated heterocycles. The zero-order valence-corrected chi connectivity index (χ0v) is 11.7. The average Bonchev–Trinajstić information content (AvgIpc) is 2.39. The van der Waals surface area contributed by atoms with Crippen molar-refractivity contribution in [3.05, 3.63) is 42.5 Å². The number of hydrogen-bond donors (Lipinski definition) is 1. The predicted molar refractivity (Wildman–Crippen MR) is 81.7 cm³/mol. The average molecular weight is 260 g/mol. The van der Waals surface area contributed by atoms with Gasteiger partial charge in [0.15, 0.2) is 0 Å². The van der Waals surface area contributed by atoms with Crippen LogP contribution in [-0.2, 0) is 0 Å². The summed E-state index contributed by atoms with van der Waals surface area (Å²) < 4.78 is 5.81. The van der Waals surface area contributed by atoms with E-state index in [1.54, 1.807) is 0 Å². The number of hydrogen-bond acceptors (Lipinski definition) is 2. The largest absolute Gasteiger partial charge is 0.494 e. The molecule has 2 heteroatoms. The Bertz CT molecular complexity index is 495. The summed E-state index contributed by atoms with van der Waals surface area (Å²) >= 11 is 4.25. The van der Waals surface area contributed by atoms with Crippen LogP contribution in [0.15, 0.2) is 42.5 Å². The van der Waals surface area contributed by atoms with Gasteiger partial charge < -0.3 is 4.74 Å². The van der Waals surface area contributed by atoms with Crippen LogP contribution >= 0.6 is 12.6 Å². The van der Waals surface area contributed by atoms with Crippen LogP contribution in [0.4, 0.5) is 0 Å². The van der Waals surface area contributed by atoms with Crippen molar-refractivity contribution in [2.45, 2.75) is 19.8 Å². The Hall–Kier alpha value is -1.15. The summed E-state index contributed by atoms with van der Waals surface area (Å²) in [6, 6.07) is 14.6. The highest BCUT2D eigenvalue weighted by atomic mass is 32.1. The third kappa shape index (κ3) is 3.67. The maximum Gasteiger partial charge on any atom is 0.119 e. The standard InChI is InChI=1S/C16H20OS/c1-13(9-11-18)8-10-17-16-7-6-14-4-2-3-5-15(14)12-16/h2-7,12-13,18H,8-11H2,1H3. The Morgan fingerprint density at radius 2 is 1.83 bits per heavy atom. The minimum absolute atomic E-state index is 0.683. The van der Waals surface area contributed by atoms with E-state index in [1.165, 1.54) is 10.8 Å². The lowest BCUT2D eigenvalue weighted by Crippen LogP contribution is -2.04. The molecule has 0 bridgehead atoms. The lowest BCUT2D eigenvalue weighted by molar-refractivity contribution is 0.282. The monoisotopic (exact) mass is 260 g/mol. The number of rotatable bonds is 6. The molecule has 1 atom stereocenters. The van der Waals surface area contributed by atoms with Crippen molar-refractivity contribution < 1.29 is 4.74 Å². The molecule has 0 aliphatic carbocycles. The zero-order chi connectivity index (χ0) is 12.8. The molecule has 96 valence electrons. The van der Waals surface area contributed by atoms with E-state index in [2.05, 4.69) is 56.0 Å². The second-order valence-electron chi connectivity index (χ2n) is 4.76. The fourth-order valence-electron chi connectivity index (χ4n) is 2.00. The first-order chi connectivity index (χ1) is 8.79.